The Kier molecular flexibility index (Phi) is 6.52. The minimum Gasteiger partial charge on any atom is -0.396 e. The van der Waals surface area contributed by atoms with E-state index in [4.69, 9.17) is 10.8 Å². The number of aliphatic hydroxyl groups excluding tert-OH is 1. The van der Waals surface area contributed by atoms with Gasteiger partial charge in [0.25, 0.3) is 0 Å². The zero-order valence-corrected chi connectivity index (χ0v) is 10.9. The van der Waals surface area contributed by atoms with Crippen LogP contribution in [0.25, 0.3) is 0 Å². The van der Waals surface area contributed by atoms with Gasteiger partial charge in [-0.15, -0.1) is 0 Å². The maximum absolute atomic E-state index is 12.2. The van der Waals surface area contributed by atoms with Gasteiger partial charge in [-0.25, -0.2) is 0 Å². The lowest BCUT2D eigenvalue weighted by molar-refractivity contribution is -0.133. The van der Waals surface area contributed by atoms with Crippen LogP contribution >= 0.6 is 0 Å². The predicted molar refractivity (Wildman–Crippen MR) is 68.6 cm³/mol. The molecule has 1 aliphatic rings. The van der Waals surface area contributed by atoms with Crippen LogP contribution in [0.2, 0.25) is 0 Å². The van der Waals surface area contributed by atoms with Crippen LogP contribution in [0.15, 0.2) is 0 Å². The van der Waals surface area contributed by atoms with E-state index in [9.17, 15) is 4.79 Å². The summed E-state index contributed by atoms with van der Waals surface area (Å²) in [7, 11) is 0. The summed E-state index contributed by atoms with van der Waals surface area (Å²) in [6, 6.07) is -0.0213. The summed E-state index contributed by atoms with van der Waals surface area (Å²) >= 11 is 0. The maximum Gasteiger partial charge on any atom is 0.239 e. The standard InChI is InChI=1S/C13H26N2O2/c1-2-3-8-12(14)13(17)15-9-4-6-11(15)7-5-10-16/h11-12,16H,2-10,14H2,1H3. The van der Waals surface area contributed by atoms with E-state index in [0.29, 0.717) is 6.04 Å². The SMILES string of the molecule is CCCCC(N)C(=O)N1CCCC1CCCO. The number of hydrogen-bond acceptors (Lipinski definition) is 3. The quantitative estimate of drug-likeness (QED) is 0.706. The van der Waals surface area contributed by atoms with Crippen molar-refractivity contribution in [3.8, 4) is 0 Å². The molecule has 1 rings (SSSR count). The zero-order valence-electron chi connectivity index (χ0n) is 10.9. The van der Waals surface area contributed by atoms with E-state index in [0.717, 1.165) is 51.5 Å². The van der Waals surface area contributed by atoms with Gasteiger partial charge in [-0.1, -0.05) is 19.8 Å². The van der Waals surface area contributed by atoms with Gasteiger partial charge in [0.05, 0.1) is 6.04 Å². The van der Waals surface area contributed by atoms with Crippen molar-refractivity contribution in [2.75, 3.05) is 13.2 Å². The molecule has 1 fully saturated rings. The molecule has 4 nitrogen and oxygen atoms in total. The van der Waals surface area contributed by atoms with E-state index in [-0.39, 0.29) is 18.6 Å². The number of unbranched alkanes of at least 4 members (excludes halogenated alkanes) is 1. The summed E-state index contributed by atoms with van der Waals surface area (Å²) in [4.78, 5) is 14.1. The van der Waals surface area contributed by atoms with Crippen molar-refractivity contribution in [3.05, 3.63) is 0 Å². The molecular formula is C13H26N2O2. The van der Waals surface area contributed by atoms with E-state index in [1.165, 1.54) is 0 Å². The highest BCUT2D eigenvalue weighted by Crippen LogP contribution is 2.22. The number of amides is 1. The molecule has 0 aromatic heterocycles. The fraction of sp³-hybridized carbons (Fsp3) is 0.923. The molecule has 2 atom stereocenters. The first-order valence-electron chi connectivity index (χ1n) is 6.87. The molecule has 0 bridgehead atoms. The monoisotopic (exact) mass is 242 g/mol. The number of carbonyl (C=O) groups excluding carboxylic acids is 1. The van der Waals surface area contributed by atoms with Crippen molar-refractivity contribution >= 4 is 5.91 Å². The molecule has 1 amide bonds. The minimum atomic E-state index is -0.329. The van der Waals surface area contributed by atoms with Crippen LogP contribution in [0.5, 0.6) is 0 Å². The van der Waals surface area contributed by atoms with Crippen molar-refractivity contribution < 1.29 is 9.90 Å². The fourth-order valence-corrected chi connectivity index (χ4v) is 2.51. The number of rotatable bonds is 7. The molecule has 1 saturated heterocycles. The van der Waals surface area contributed by atoms with Crippen molar-refractivity contribution in [3.63, 3.8) is 0 Å². The molecule has 0 radical (unpaired) electrons. The average molecular weight is 242 g/mol. The summed E-state index contributed by atoms with van der Waals surface area (Å²) in [5, 5.41) is 8.85. The van der Waals surface area contributed by atoms with Crippen LogP contribution < -0.4 is 5.73 Å². The molecule has 1 aliphatic heterocycles. The molecule has 0 aliphatic carbocycles. The van der Waals surface area contributed by atoms with Gasteiger partial charge < -0.3 is 15.7 Å². The fourth-order valence-electron chi connectivity index (χ4n) is 2.51. The topological polar surface area (TPSA) is 66.6 Å². The number of nitrogens with two attached hydrogens (primary N) is 1. The number of nitrogens with zero attached hydrogens (tertiary/aromatic N) is 1. The lowest BCUT2D eigenvalue weighted by Crippen LogP contribution is -2.46. The van der Waals surface area contributed by atoms with Crippen molar-refractivity contribution in [2.45, 2.75) is 64.0 Å². The smallest absolute Gasteiger partial charge is 0.239 e. The van der Waals surface area contributed by atoms with Crippen LogP contribution in [-0.2, 0) is 4.79 Å². The van der Waals surface area contributed by atoms with Crippen molar-refractivity contribution in [2.24, 2.45) is 5.73 Å². The second-order valence-corrected chi connectivity index (χ2v) is 4.94. The van der Waals surface area contributed by atoms with Crippen LogP contribution in [0, 0.1) is 0 Å². The Morgan fingerprint density at radius 2 is 2.29 bits per heavy atom. The van der Waals surface area contributed by atoms with Crippen LogP contribution in [0.4, 0.5) is 0 Å². The first-order valence-corrected chi connectivity index (χ1v) is 6.87. The summed E-state index contributed by atoms with van der Waals surface area (Å²) < 4.78 is 0. The Bertz CT molecular complexity index is 233. The van der Waals surface area contributed by atoms with Gasteiger partial charge in [0, 0.05) is 19.2 Å². The molecule has 3 N–H and O–H groups in total. The summed E-state index contributed by atoms with van der Waals surface area (Å²) in [6.45, 7) is 3.16. The Balaban J connectivity index is 2.43. The van der Waals surface area contributed by atoms with Gasteiger partial charge in [0.2, 0.25) is 5.91 Å². The second kappa shape index (κ2) is 7.67. The van der Waals surface area contributed by atoms with Gasteiger partial charge in [-0.2, -0.15) is 0 Å². The molecular weight excluding hydrogens is 216 g/mol. The Morgan fingerprint density at radius 3 is 2.94 bits per heavy atom. The summed E-state index contributed by atoms with van der Waals surface area (Å²) in [5.41, 5.74) is 5.93. The largest absolute Gasteiger partial charge is 0.396 e. The molecule has 1 heterocycles. The highest BCUT2D eigenvalue weighted by molar-refractivity contribution is 5.82. The number of carbonyl (C=O) groups is 1. The molecule has 4 heteroatoms. The lowest BCUT2D eigenvalue weighted by Gasteiger charge is -2.27. The van der Waals surface area contributed by atoms with Crippen molar-refractivity contribution in [1.82, 2.24) is 4.90 Å². The van der Waals surface area contributed by atoms with Gasteiger partial charge >= 0.3 is 0 Å². The Hall–Kier alpha value is -0.610. The van der Waals surface area contributed by atoms with E-state index < -0.39 is 0 Å². The highest BCUT2D eigenvalue weighted by Gasteiger charge is 2.30. The Labute approximate surface area is 104 Å². The molecule has 0 aromatic carbocycles. The summed E-state index contributed by atoms with van der Waals surface area (Å²) in [6.07, 6.45) is 6.70. The average Bonchev–Trinajstić information content (AvgIpc) is 2.80. The van der Waals surface area contributed by atoms with Gasteiger partial charge in [-0.3, -0.25) is 4.79 Å². The van der Waals surface area contributed by atoms with Crippen LogP contribution in [0.3, 0.4) is 0 Å². The molecule has 2 unspecified atom stereocenters. The van der Waals surface area contributed by atoms with Crippen LogP contribution in [0.1, 0.15) is 51.9 Å². The molecule has 17 heavy (non-hydrogen) atoms. The van der Waals surface area contributed by atoms with Crippen molar-refractivity contribution in [1.29, 1.82) is 0 Å². The molecule has 0 aromatic rings. The third-order valence-electron chi connectivity index (χ3n) is 3.54. The van der Waals surface area contributed by atoms with E-state index in [1.807, 2.05) is 4.90 Å². The summed E-state index contributed by atoms with van der Waals surface area (Å²) in [5.74, 6) is 0.110. The van der Waals surface area contributed by atoms with Gasteiger partial charge in [0.15, 0.2) is 0 Å². The third kappa shape index (κ3) is 4.28. The van der Waals surface area contributed by atoms with E-state index >= 15 is 0 Å². The Morgan fingerprint density at radius 1 is 1.53 bits per heavy atom. The van der Waals surface area contributed by atoms with Crippen LogP contribution in [-0.4, -0.2) is 41.1 Å². The predicted octanol–water partition coefficient (Wildman–Crippen LogP) is 1.27. The zero-order chi connectivity index (χ0) is 12.7. The minimum absolute atomic E-state index is 0.110. The molecule has 0 saturated carbocycles. The number of likely N-dealkylation sites (tertiary alicyclic amines) is 1. The highest BCUT2D eigenvalue weighted by atomic mass is 16.3. The van der Waals surface area contributed by atoms with Gasteiger partial charge in [0.1, 0.15) is 0 Å². The third-order valence-corrected chi connectivity index (χ3v) is 3.54. The molecule has 100 valence electrons. The van der Waals surface area contributed by atoms with E-state index in [1.54, 1.807) is 0 Å². The second-order valence-electron chi connectivity index (χ2n) is 4.94. The van der Waals surface area contributed by atoms with Gasteiger partial charge in [-0.05, 0) is 32.1 Å². The number of aliphatic hydroxyl groups is 1. The van der Waals surface area contributed by atoms with E-state index in [2.05, 4.69) is 6.92 Å². The lowest BCUT2D eigenvalue weighted by atomic mass is 10.1. The number of hydrogen-bond donors (Lipinski definition) is 2. The normalized spacial score (nSPS) is 21.8. The maximum atomic E-state index is 12.2. The molecule has 0 spiro atoms. The first kappa shape index (κ1) is 14.5. The first-order chi connectivity index (χ1) is 8.20.